The molecule has 0 unspecified atom stereocenters. The summed E-state index contributed by atoms with van der Waals surface area (Å²) < 4.78 is 2.25. The largest absolute Gasteiger partial charge is 0.392 e. The molecule has 2 aromatic rings. The molecule has 1 aliphatic heterocycles. The smallest absolute Gasteiger partial charge is 0.196 e. The van der Waals surface area contributed by atoms with Gasteiger partial charge < -0.3 is 9.67 Å². The molecule has 0 fully saturated rings. The molecule has 1 N–H and O–H groups in total. The Balaban J connectivity index is 1.80. The minimum Gasteiger partial charge on any atom is -0.392 e. The number of fused-ring (bicyclic) bond motifs is 1. The minimum absolute atomic E-state index is 0.0886. The highest BCUT2D eigenvalue weighted by Gasteiger charge is 2.15. The quantitative estimate of drug-likeness (QED) is 0.935. The second kappa shape index (κ2) is 5.75. The number of aromatic nitrogens is 3. The summed E-state index contributed by atoms with van der Waals surface area (Å²) in [5.41, 5.74) is 0.935. The maximum Gasteiger partial charge on any atom is 0.196 e. The third kappa shape index (κ3) is 2.82. The monoisotopic (exact) mass is 275 g/mol. The van der Waals surface area contributed by atoms with Crippen molar-refractivity contribution in [2.45, 2.75) is 48.9 Å². The van der Waals surface area contributed by atoms with Gasteiger partial charge in [0.15, 0.2) is 5.16 Å². The van der Waals surface area contributed by atoms with Crippen LogP contribution in [0.2, 0.25) is 0 Å². The van der Waals surface area contributed by atoms with Gasteiger partial charge in [0.1, 0.15) is 5.82 Å². The van der Waals surface area contributed by atoms with E-state index in [0.29, 0.717) is 0 Å². The highest BCUT2D eigenvalue weighted by Crippen LogP contribution is 2.28. The molecule has 1 aromatic carbocycles. The van der Waals surface area contributed by atoms with Crippen molar-refractivity contribution in [3.8, 4) is 0 Å². The molecule has 5 heteroatoms. The lowest BCUT2D eigenvalue weighted by Crippen LogP contribution is -2.02. The highest BCUT2D eigenvalue weighted by atomic mass is 32.2. The molecular weight excluding hydrogens is 258 g/mol. The second-order valence-corrected chi connectivity index (χ2v) is 5.81. The second-order valence-electron chi connectivity index (χ2n) is 4.77. The fourth-order valence-corrected chi connectivity index (χ4v) is 3.17. The van der Waals surface area contributed by atoms with E-state index in [1.54, 1.807) is 11.8 Å². The van der Waals surface area contributed by atoms with Crippen molar-refractivity contribution in [1.82, 2.24) is 14.8 Å². The van der Waals surface area contributed by atoms with Gasteiger partial charge in [-0.05, 0) is 42.3 Å². The van der Waals surface area contributed by atoms with E-state index in [1.165, 1.54) is 19.3 Å². The lowest BCUT2D eigenvalue weighted by atomic mass is 10.2. The van der Waals surface area contributed by atoms with E-state index >= 15 is 0 Å². The van der Waals surface area contributed by atoms with Crippen molar-refractivity contribution < 1.29 is 5.11 Å². The Morgan fingerprint density at radius 1 is 1.11 bits per heavy atom. The topological polar surface area (TPSA) is 50.9 Å². The average Bonchev–Trinajstić information content (AvgIpc) is 2.68. The van der Waals surface area contributed by atoms with Crippen LogP contribution >= 0.6 is 11.8 Å². The van der Waals surface area contributed by atoms with E-state index in [4.69, 9.17) is 5.11 Å². The number of hydrogen-bond acceptors (Lipinski definition) is 4. The number of hydrogen-bond donors (Lipinski definition) is 1. The number of aliphatic hydroxyl groups excluding tert-OH is 1. The van der Waals surface area contributed by atoms with E-state index < -0.39 is 0 Å². The molecule has 1 aromatic heterocycles. The highest BCUT2D eigenvalue weighted by molar-refractivity contribution is 7.99. The predicted octanol–water partition coefficient (Wildman–Crippen LogP) is 2.65. The summed E-state index contributed by atoms with van der Waals surface area (Å²) in [4.78, 5) is 1.14. The standard InChI is InChI=1S/C14H17N3OS/c18-10-11-5-7-12(8-6-11)19-14-16-15-13-4-2-1-3-9-17(13)14/h5-8,18H,1-4,9-10H2. The molecule has 1 aliphatic rings. The first-order valence-electron chi connectivity index (χ1n) is 6.66. The molecule has 19 heavy (non-hydrogen) atoms. The van der Waals surface area contributed by atoms with Gasteiger partial charge in [-0.15, -0.1) is 10.2 Å². The lowest BCUT2D eigenvalue weighted by Gasteiger charge is -2.06. The fourth-order valence-electron chi connectivity index (χ4n) is 2.30. The minimum atomic E-state index is 0.0886. The molecule has 2 heterocycles. The van der Waals surface area contributed by atoms with Gasteiger partial charge in [-0.1, -0.05) is 18.6 Å². The van der Waals surface area contributed by atoms with Crippen LogP contribution in [0.25, 0.3) is 0 Å². The molecule has 0 aliphatic carbocycles. The molecule has 0 radical (unpaired) electrons. The maximum absolute atomic E-state index is 9.04. The van der Waals surface area contributed by atoms with Crippen LogP contribution < -0.4 is 0 Å². The Morgan fingerprint density at radius 2 is 1.95 bits per heavy atom. The number of nitrogens with zero attached hydrogens (tertiary/aromatic N) is 3. The lowest BCUT2D eigenvalue weighted by molar-refractivity contribution is 0.282. The zero-order chi connectivity index (χ0) is 13.1. The SMILES string of the molecule is OCc1ccc(Sc2nnc3n2CCCCC3)cc1. The van der Waals surface area contributed by atoms with Crippen LogP contribution in [0.1, 0.15) is 30.7 Å². The molecule has 3 rings (SSSR count). The van der Waals surface area contributed by atoms with Crippen LogP contribution in [-0.4, -0.2) is 19.9 Å². The number of aliphatic hydroxyl groups is 1. The van der Waals surface area contributed by atoms with E-state index in [1.807, 2.05) is 24.3 Å². The Hall–Kier alpha value is -1.33. The number of aryl methyl sites for hydroxylation is 1. The van der Waals surface area contributed by atoms with E-state index in [-0.39, 0.29) is 6.61 Å². The van der Waals surface area contributed by atoms with E-state index in [0.717, 1.165) is 34.4 Å². The number of rotatable bonds is 3. The Bertz CT molecular complexity index is 550. The Kier molecular flexibility index (Phi) is 3.84. The van der Waals surface area contributed by atoms with Gasteiger partial charge in [-0.3, -0.25) is 0 Å². The van der Waals surface area contributed by atoms with Crippen molar-refractivity contribution in [3.63, 3.8) is 0 Å². The van der Waals surface area contributed by atoms with Crippen LogP contribution in [0.3, 0.4) is 0 Å². The Morgan fingerprint density at radius 3 is 2.74 bits per heavy atom. The molecule has 0 spiro atoms. The Labute approximate surface area is 116 Å². The van der Waals surface area contributed by atoms with Crippen molar-refractivity contribution >= 4 is 11.8 Å². The molecule has 100 valence electrons. The zero-order valence-corrected chi connectivity index (χ0v) is 11.6. The molecule has 0 atom stereocenters. The van der Waals surface area contributed by atoms with Crippen molar-refractivity contribution in [2.75, 3.05) is 0 Å². The summed E-state index contributed by atoms with van der Waals surface area (Å²) in [6.45, 7) is 1.12. The van der Waals surface area contributed by atoms with Crippen LogP contribution in [0.5, 0.6) is 0 Å². The summed E-state index contributed by atoms with van der Waals surface area (Å²) in [6, 6.07) is 7.94. The summed E-state index contributed by atoms with van der Waals surface area (Å²) in [6.07, 6.45) is 4.74. The van der Waals surface area contributed by atoms with Gasteiger partial charge >= 0.3 is 0 Å². The average molecular weight is 275 g/mol. The maximum atomic E-state index is 9.04. The normalized spacial score (nSPS) is 15.0. The van der Waals surface area contributed by atoms with Gasteiger partial charge in [-0.25, -0.2) is 0 Å². The van der Waals surface area contributed by atoms with Crippen molar-refractivity contribution in [3.05, 3.63) is 35.7 Å². The molecule has 0 bridgehead atoms. The third-order valence-corrected chi connectivity index (χ3v) is 4.38. The number of benzene rings is 1. The summed E-state index contributed by atoms with van der Waals surface area (Å²) in [5.74, 6) is 1.12. The van der Waals surface area contributed by atoms with E-state index in [2.05, 4.69) is 14.8 Å². The third-order valence-electron chi connectivity index (χ3n) is 3.39. The fraction of sp³-hybridized carbons (Fsp3) is 0.429. The van der Waals surface area contributed by atoms with Crippen molar-refractivity contribution in [1.29, 1.82) is 0 Å². The van der Waals surface area contributed by atoms with Gasteiger partial charge in [-0.2, -0.15) is 0 Å². The molecule has 0 saturated heterocycles. The first kappa shape index (κ1) is 12.7. The first-order valence-corrected chi connectivity index (χ1v) is 7.48. The van der Waals surface area contributed by atoms with Gasteiger partial charge in [0, 0.05) is 17.9 Å². The predicted molar refractivity (Wildman–Crippen MR) is 74.1 cm³/mol. The molecule has 4 nitrogen and oxygen atoms in total. The summed E-state index contributed by atoms with van der Waals surface area (Å²) >= 11 is 1.65. The summed E-state index contributed by atoms with van der Waals surface area (Å²) in [5, 5.41) is 18.6. The van der Waals surface area contributed by atoms with Crippen molar-refractivity contribution in [2.24, 2.45) is 0 Å². The van der Waals surface area contributed by atoms with Crippen LogP contribution in [0, 0.1) is 0 Å². The van der Waals surface area contributed by atoms with Gasteiger partial charge in [0.25, 0.3) is 0 Å². The van der Waals surface area contributed by atoms with Gasteiger partial charge in [0.2, 0.25) is 0 Å². The molecular formula is C14H17N3OS. The van der Waals surface area contributed by atoms with Crippen LogP contribution in [0.15, 0.2) is 34.3 Å². The first-order chi connectivity index (χ1) is 9.36. The molecule has 0 amide bonds. The van der Waals surface area contributed by atoms with E-state index in [9.17, 15) is 0 Å². The van der Waals surface area contributed by atoms with Gasteiger partial charge in [0.05, 0.1) is 6.61 Å². The van der Waals surface area contributed by atoms with Crippen LogP contribution in [0.4, 0.5) is 0 Å². The molecule has 0 saturated carbocycles. The summed E-state index contributed by atoms with van der Waals surface area (Å²) in [7, 11) is 0. The van der Waals surface area contributed by atoms with Crippen LogP contribution in [-0.2, 0) is 19.6 Å². The zero-order valence-electron chi connectivity index (χ0n) is 10.7.